The quantitative estimate of drug-likeness (QED) is 0.232. The molecule has 0 radical (unpaired) electrons. The molecule has 0 atom stereocenters. The molecule has 1 saturated heterocycles. The summed E-state index contributed by atoms with van der Waals surface area (Å²) in [6.45, 7) is 9.10. The molecule has 2 N–H and O–H groups in total. The number of morpholine rings is 1. The lowest BCUT2D eigenvalue weighted by Crippen LogP contribution is -2.38. The Morgan fingerprint density at radius 3 is 2.74 bits per heavy atom. The first kappa shape index (κ1) is 18.5. The summed E-state index contributed by atoms with van der Waals surface area (Å²) in [7, 11) is 0. The Morgan fingerprint density at radius 1 is 1.37 bits per heavy atom. The number of guanidine groups is 1. The second-order valence-electron chi connectivity index (χ2n) is 4.13. The Bertz CT molecular complexity index is 285. The fraction of sp³-hybridized carbons (Fsp3) is 0.769. The van der Waals surface area contributed by atoms with Crippen molar-refractivity contribution in [1.29, 1.82) is 0 Å². The highest BCUT2D eigenvalue weighted by atomic mass is 127. The molecule has 1 rings (SSSR count). The van der Waals surface area contributed by atoms with E-state index in [1.165, 1.54) is 0 Å². The summed E-state index contributed by atoms with van der Waals surface area (Å²) in [5.41, 5.74) is 0. The van der Waals surface area contributed by atoms with Crippen LogP contribution in [0.25, 0.3) is 0 Å². The second kappa shape index (κ2) is 12.5. The van der Waals surface area contributed by atoms with Crippen molar-refractivity contribution in [1.82, 2.24) is 15.5 Å². The second-order valence-corrected chi connectivity index (χ2v) is 4.13. The third-order valence-corrected chi connectivity index (χ3v) is 2.71. The van der Waals surface area contributed by atoms with Gasteiger partial charge in [-0.15, -0.1) is 30.4 Å². The molecule has 0 amide bonds. The van der Waals surface area contributed by atoms with Gasteiger partial charge >= 0.3 is 0 Å². The van der Waals surface area contributed by atoms with Gasteiger partial charge in [-0.1, -0.05) is 5.92 Å². The van der Waals surface area contributed by atoms with E-state index in [2.05, 4.69) is 26.4 Å². The van der Waals surface area contributed by atoms with Crippen molar-refractivity contribution < 1.29 is 4.74 Å². The highest BCUT2D eigenvalue weighted by Gasteiger charge is 2.08. The largest absolute Gasteiger partial charge is 0.379 e. The van der Waals surface area contributed by atoms with E-state index in [-0.39, 0.29) is 24.0 Å². The van der Waals surface area contributed by atoms with Gasteiger partial charge in [0.15, 0.2) is 5.96 Å². The van der Waals surface area contributed by atoms with Gasteiger partial charge in [-0.3, -0.25) is 9.89 Å². The summed E-state index contributed by atoms with van der Waals surface area (Å²) >= 11 is 0. The molecule has 0 unspecified atom stereocenters. The Hall–Kier alpha value is -0.520. The molecule has 19 heavy (non-hydrogen) atoms. The number of hydrogen-bond acceptors (Lipinski definition) is 3. The molecule has 1 aliphatic heterocycles. The topological polar surface area (TPSA) is 48.9 Å². The highest BCUT2D eigenvalue weighted by Crippen LogP contribution is 1.97. The summed E-state index contributed by atoms with van der Waals surface area (Å²) < 4.78 is 5.31. The van der Waals surface area contributed by atoms with Crippen LogP contribution in [0, 0.1) is 12.3 Å². The minimum absolute atomic E-state index is 0. The number of ether oxygens (including phenoxy) is 1. The average molecular weight is 380 g/mol. The molecule has 0 aromatic rings. The number of nitrogens with zero attached hydrogens (tertiary/aromatic N) is 2. The van der Waals surface area contributed by atoms with Gasteiger partial charge in [0.05, 0.1) is 19.8 Å². The monoisotopic (exact) mass is 380 g/mol. The fourth-order valence-corrected chi connectivity index (χ4v) is 1.79. The Labute approximate surface area is 133 Å². The maximum absolute atomic E-state index is 5.31. The number of terminal acetylenes is 1. The van der Waals surface area contributed by atoms with Crippen molar-refractivity contribution in [3.05, 3.63) is 0 Å². The van der Waals surface area contributed by atoms with Crippen molar-refractivity contribution in [2.24, 2.45) is 4.99 Å². The minimum Gasteiger partial charge on any atom is -0.379 e. The molecule has 0 saturated carbocycles. The summed E-state index contributed by atoms with van der Waals surface area (Å²) in [5.74, 6) is 3.35. The van der Waals surface area contributed by atoms with Crippen LogP contribution in [0.5, 0.6) is 0 Å². The van der Waals surface area contributed by atoms with Crippen molar-refractivity contribution in [3.63, 3.8) is 0 Å². The molecule has 0 bridgehead atoms. The summed E-state index contributed by atoms with van der Waals surface area (Å²) in [6, 6.07) is 0. The first-order chi connectivity index (χ1) is 8.86. The van der Waals surface area contributed by atoms with Gasteiger partial charge in [-0.05, 0) is 13.3 Å². The van der Waals surface area contributed by atoms with Crippen LogP contribution >= 0.6 is 24.0 Å². The standard InChI is InChI=1S/C13H24N4O.HI/c1-3-6-15-13(14-4-2)16-7-5-8-17-9-11-18-12-10-17;/h1H,4-12H2,2H3,(H2,14,15,16);1H. The van der Waals surface area contributed by atoms with Gasteiger partial charge < -0.3 is 15.4 Å². The number of aliphatic imine (C=N–C) groups is 1. The van der Waals surface area contributed by atoms with E-state index < -0.39 is 0 Å². The van der Waals surface area contributed by atoms with Gasteiger partial charge in [-0.2, -0.15) is 0 Å². The molecule has 1 heterocycles. The van der Waals surface area contributed by atoms with Crippen LogP contribution in [0.4, 0.5) is 0 Å². The van der Waals surface area contributed by atoms with E-state index in [1.54, 1.807) is 0 Å². The molecule has 0 spiro atoms. The molecule has 5 nitrogen and oxygen atoms in total. The van der Waals surface area contributed by atoms with Gasteiger partial charge in [0.1, 0.15) is 0 Å². The molecular formula is C13H25IN4O. The third-order valence-electron chi connectivity index (χ3n) is 2.71. The fourth-order valence-electron chi connectivity index (χ4n) is 1.79. The van der Waals surface area contributed by atoms with Crippen LogP contribution in [-0.2, 0) is 4.74 Å². The highest BCUT2D eigenvalue weighted by molar-refractivity contribution is 14.0. The van der Waals surface area contributed by atoms with Crippen LogP contribution in [0.2, 0.25) is 0 Å². The summed E-state index contributed by atoms with van der Waals surface area (Å²) in [5, 5.41) is 6.24. The van der Waals surface area contributed by atoms with Gasteiger partial charge in [0, 0.05) is 32.7 Å². The predicted octanol–water partition coefficient (Wildman–Crippen LogP) is 0.515. The van der Waals surface area contributed by atoms with Crippen molar-refractivity contribution in [2.75, 3.05) is 52.5 Å². The Balaban J connectivity index is 0.00000324. The smallest absolute Gasteiger partial charge is 0.192 e. The molecule has 0 aromatic carbocycles. The normalized spacial score (nSPS) is 16.3. The molecule has 0 aliphatic carbocycles. The van der Waals surface area contributed by atoms with E-state index in [9.17, 15) is 0 Å². The lowest BCUT2D eigenvalue weighted by Gasteiger charge is -2.26. The zero-order valence-electron chi connectivity index (χ0n) is 11.7. The van der Waals surface area contributed by atoms with Gasteiger partial charge in [0.25, 0.3) is 0 Å². The first-order valence-corrected chi connectivity index (χ1v) is 6.62. The van der Waals surface area contributed by atoms with E-state index in [0.717, 1.165) is 58.3 Å². The van der Waals surface area contributed by atoms with Crippen LogP contribution in [0.1, 0.15) is 13.3 Å². The first-order valence-electron chi connectivity index (χ1n) is 6.62. The lowest BCUT2D eigenvalue weighted by molar-refractivity contribution is 0.0377. The van der Waals surface area contributed by atoms with Crippen molar-refractivity contribution >= 4 is 29.9 Å². The Morgan fingerprint density at radius 2 is 2.11 bits per heavy atom. The summed E-state index contributed by atoms with van der Waals surface area (Å²) in [4.78, 5) is 6.89. The number of nitrogens with one attached hydrogen (secondary N) is 2. The minimum atomic E-state index is 0. The van der Waals surface area contributed by atoms with E-state index >= 15 is 0 Å². The SMILES string of the molecule is C#CCNC(=NCCCN1CCOCC1)NCC.I. The molecule has 6 heteroatoms. The zero-order valence-corrected chi connectivity index (χ0v) is 14.0. The van der Waals surface area contributed by atoms with Crippen LogP contribution < -0.4 is 10.6 Å². The maximum Gasteiger partial charge on any atom is 0.192 e. The molecule has 0 aromatic heterocycles. The summed E-state index contributed by atoms with van der Waals surface area (Å²) in [6.07, 6.45) is 6.27. The maximum atomic E-state index is 5.31. The molecule has 1 fully saturated rings. The van der Waals surface area contributed by atoms with Crippen molar-refractivity contribution in [2.45, 2.75) is 13.3 Å². The van der Waals surface area contributed by atoms with Crippen molar-refractivity contribution in [3.8, 4) is 12.3 Å². The van der Waals surface area contributed by atoms with E-state index in [1.807, 2.05) is 6.92 Å². The van der Waals surface area contributed by atoms with Gasteiger partial charge in [0.2, 0.25) is 0 Å². The number of rotatable bonds is 6. The third kappa shape index (κ3) is 9.08. The predicted molar refractivity (Wildman–Crippen MR) is 90.1 cm³/mol. The lowest BCUT2D eigenvalue weighted by atomic mass is 10.3. The number of halogens is 1. The van der Waals surface area contributed by atoms with E-state index in [0.29, 0.717) is 6.54 Å². The Kier molecular flexibility index (Phi) is 12.2. The zero-order chi connectivity index (χ0) is 13.1. The van der Waals surface area contributed by atoms with E-state index in [4.69, 9.17) is 11.2 Å². The van der Waals surface area contributed by atoms with Crippen LogP contribution in [0.15, 0.2) is 4.99 Å². The average Bonchev–Trinajstić information content (AvgIpc) is 2.42. The van der Waals surface area contributed by atoms with Gasteiger partial charge in [-0.25, -0.2) is 0 Å². The molecule has 1 aliphatic rings. The molecule has 110 valence electrons. The molecular weight excluding hydrogens is 355 g/mol. The van der Waals surface area contributed by atoms with Crippen LogP contribution in [0.3, 0.4) is 0 Å². The number of hydrogen-bond donors (Lipinski definition) is 2. The van der Waals surface area contributed by atoms with Crippen LogP contribution in [-0.4, -0.2) is 63.3 Å².